The van der Waals surface area contributed by atoms with Crippen LogP contribution in [0.3, 0.4) is 0 Å². The van der Waals surface area contributed by atoms with Gasteiger partial charge in [-0.1, -0.05) is 44.2 Å². The van der Waals surface area contributed by atoms with E-state index >= 15 is 0 Å². The number of hydrogen-bond acceptors (Lipinski definition) is 2. The maximum absolute atomic E-state index is 12.1. The summed E-state index contributed by atoms with van der Waals surface area (Å²) in [5.74, 6) is -0.842. The van der Waals surface area contributed by atoms with Crippen LogP contribution in [0.1, 0.15) is 45.1 Å². The van der Waals surface area contributed by atoms with Gasteiger partial charge in [0.05, 0.1) is 5.54 Å². The van der Waals surface area contributed by atoms with E-state index in [4.69, 9.17) is 5.11 Å². The van der Waals surface area contributed by atoms with E-state index in [1.165, 1.54) is 5.56 Å². The second kappa shape index (κ2) is 6.38. The molecule has 0 atom stereocenters. The summed E-state index contributed by atoms with van der Waals surface area (Å²) in [4.78, 5) is 22.5. The lowest BCUT2D eigenvalue weighted by atomic mass is 9.75. The molecule has 1 saturated carbocycles. The van der Waals surface area contributed by atoms with Crippen LogP contribution in [0.2, 0.25) is 0 Å². The Morgan fingerprint density at radius 3 is 2.41 bits per heavy atom. The molecule has 1 aliphatic rings. The standard InChI is InChI=1S/C17H24N2O3/c1-16(2,13-7-4-3-5-8-13)17(10-11-17)19-15(22)18-12-6-9-14(20)21/h3-5,7-8H,6,9-12H2,1-2H3,(H,20,21)(H2,18,19,22). The summed E-state index contributed by atoms with van der Waals surface area (Å²) in [5.41, 5.74) is 0.844. The predicted octanol–water partition coefficient (Wildman–Crippen LogP) is 2.66. The summed E-state index contributed by atoms with van der Waals surface area (Å²) < 4.78 is 0. The fourth-order valence-electron chi connectivity index (χ4n) is 2.87. The van der Waals surface area contributed by atoms with Gasteiger partial charge in [-0.2, -0.15) is 0 Å². The van der Waals surface area contributed by atoms with Crippen molar-refractivity contribution < 1.29 is 14.7 Å². The average Bonchev–Trinajstić information content (AvgIpc) is 3.25. The van der Waals surface area contributed by atoms with E-state index in [1.54, 1.807) is 0 Å². The second-order valence-electron chi connectivity index (χ2n) is 6.45. The first-order chi connectivity index (χ1) is 10.4. The molecule has 0 unspecified atom stereocenters. The number of carbonyl (C=O) groups is 2. The minimum Gasteiger partial charge on any atom is -0.481 e. The summed E-state index contributed by atoms with van der Waals surface area (Å²) in [6.45, 7) is 4.68. The summed E-state index contributed by atoms with van der Waals surface area (Å²) in [6, 6.07) is 9.98. The Morgan fingerprint density at radius 2 is 1.86 bits per heavy atom. The zero-order valence-corrected chi connectivity index (χ0v) is 13.2. The summed E-state index contributed by atoms with van der Waals surface area (Å²) in [5, 5.41) is 14.4. The van der Waals surface area contributed by atoms with E-state index < -0.39 is 5.97 Å². The largest absolute Gasteiger partial charge is 0.481 e. The van der Waals surface area contributed by atoms with Gasteiger partial charge in [0.25, 0.3) is 0 Å². The number of hydrogen-bond donors (Lipinski definition) is 3. The van der Waals surface area contributed by atoms with E-state index in [9.17, 15) is 9.59 Å². The van der Waals surface area contributed by atoms with Gasteiger partial charge in [-0.05, 0) is 24.8 Å². The lowest BCUT2D eigenvalue weighted by Gasteiger charge is -2.36. The number of carbonyl (C=O) groups excluding carboxylic acids is 1. The van der Waals surface area contributed by atoms with Crippen molar-refractivity contribution in [1.29, 1.82) is 0 Å². The Morgan fingerprint density at radius 1 is 1.23 bits per heavy atom. The molecule has 5 nitrogen and oxygen atoms in total. The molecule has 5 heteroatoms. The molecule has 3 N–H and O–H groups in total. The monoisotopic (exact) mass is 304 g/mol. The molecule has 22 heavy (non-hydrogen) atoms. The Hall–Kier alpha value is -2.04. The van der Waals surface area contributed by atoms with Gasteiger partial charge in [-0.15, -0.1) is 0 Å². The van der Waals surface area contributed by atoms with Crippen molar-refractivity contribution in [3.8, 4) is 0 Å². The van der Waals surface area contributed by atoms with Gasteiger partial charge in [-0.25, -0.2) is 4.79 Å². The van der Waals surface area contributed by atoms with Crippen molar-refractivity contribution in [1.82, 2.24) is 10.6 Å². The first kappa shape index (κ1) is 16.3. The Balaban J connectivity index is 1.91. The van der Waals surface area contributed by atoms with E-state index in [0.29, 0.717) is 13.0 Å². The van der Waals surface area contributed by atoms with Crippen molar-refractivity contribution in [3.05, 3.63) is 35.9 Å². The molecule has 0 heterocycles. The first-order valence-corrected chi connectivity index (χ1v) is 7.71. The van der Waals surface area contributed by atoms with E-state index in [1.807, 2.05) is 18.2 Å². The highest BCUT2D eigenvalue weighted by molar-refractivity contribution is 5.76. The molecular formula is C17H24N2O3. The zero-order chi connectivity index (χ0) is 16.2. The molecule has 2 rings (SSSR count). The molecule has 0 bridgehead atoms. The molecule has 0 spiro atoms. The third-order valence-corrected chi connectivity index (χ3v) is 4.65. The van der Waals surface area contributed by atoms with Crippen LogP contribution in [0.4, 0.5) is 4.79 Å². The second-order valence-corrected chi connectivity index (χ2v) is 6.45. The van der Waals surface area contributed by atoms with Gasteiger partial charge in [0.2, 0.25) is 0 Å². The summed E-state index contributed by atoms with van der Waals surface area (Å²) in [6.07, 6.45) is 2.42. The normalized spacial score (nSPS) is 15.9. The van der Waals surface area contributed by atoms with E-state index in [-0.39, 0.29) is 23.4 Å². The number of carboxylic acid groups (broad SMARTS) is 1. The summed E-state index contributed by atoms with van der Waals surface area (Å²) in [7, 11) is 0. The van der Waals surface area contributed by atoms with Crippen LogP contribution in [-0.2, 0) is 10.2 Å². The quantitative estimate of drug-likeness (QED) is 0.678. The smallest absolute Gasteiger partial charge is 0.315 e. The molecule has 1 aromatic carbocycles. The van der Waals surface area contributed by atoms with Crippen LogP contribution in [0.25, 0.3) is 0 Å². The van der Waals surface area contributed by atoms with E-state index in [2.05, 4.69) is 36.6 Å². The fraction of sp³-hybridized carbons (Fsp3) is 0.529. The maximum Gasteiger partial charge on any atom is 0.315 e. The van der Waals surface area contributed by atoms with Crippen LogP contribution >= 0.6 is 0 Å². The maximum atomic E-state index is 12.1. The van der Waals surface area contributed by atoms with Crippen LogP contribution in [0.5, 0.6) is 0 Å². The van der Waals surface area contributed by atoms with Crippen LogP contribution in [-0.4, -0.2) is 29.2 Å². The molecule has 0 radical (unpaired) electrons. The lowest BCUT2D eigenvalue weighted by molar-refractivity contribution is -0.137. The predicted molar refractivity (Wildman–Crippen MR) is 84.8 cm³/mol. The number of urea groups is 1. The topological polar surface area (TPSA) is 78.4 Å². The number of rotatable bonds is 7. The minimum atomic E-state index is -0.842. The third-order valence-electron chi connectivity index (χ3n) is 4.65. The van der Waals surface area contributed by atoms with Gasteiger partial charge in [-0.3, -0.25) is 4.79 Å². The van der Waals surface area contributed by atoms with Gasteiger partial charge in [0.1, 0.15) is 0 Å². The highest BCUT2D eigenvalue weighted by atomic mass is 16.4. The lowest BCUT2D eigenvalue weighted by Crippen LogP contribution is -2.53. The molecule has 2 amide bonds. The first-order valence-electron chi connectivity index (χ1n) is 7.71. The molecule has 1 aliphatic carbocycles. The Kier molecular flexibility index (Phi) is 4.74. The molecule has 1 fully saturated rings. The van der Waals surface area contributed by atoms with Gasteiger partial charge in [0, 0.05) is 18.4 Å². The zero-order valence-electron chi connectivity index (χ0n) is 13.2. The number of carboxylic acids is 1. The highest BCUT2D eigenvalue weighted by Gasteiger charge is 2.56. The molecule has 120 valence electrons. The van der Waals surface area contributed by atoms with Crippen LogP contribution in [0.15, 0.2) is 30.3 Å². The Bertz CT molecular complexity index is 536. The summed E-state index contributed by atoms with van der Waals surface area (Å²) >= 11 is 0. The third kappa shape index (κ3) is 3.59. The fourth-order valence-corrected chi connectivity index (χ4v) is 2.87. The number of amides is 2. The van der Waals surface area contributed by atoms with Crippen molar-refractivity contribution in [2.75, 3.05) is 6.54 Å². The number of benzene rings is 1. The van der Waals surface area contributed by atoms with Gasteiger partial charge in [0.15, 0.2) is 0 Å². The van der Waals surface area contributed by atoms with Gasteiger partial charge < -0.3 is 15.7 Å². The molecule has 0 saturated heterocycles. The minimum absolute atomic E-state index is 0.0704. The molecule has 0 aromatic heterocycles. The van der Waals surface area contributed by atoms with Gasteiger partial charge >= 0.3 is 12.0 Å². The highest BCUT2D eigenvalue weighted by Crippen LogP contribution is 2.51. The van der Waals surface area contributed by atoms with Crippen LogP contribution in [0, 0.1) is 0 Å². The number of aliphatic carboxylic acids is 1. The molecular weight excluding hydrogens is 280 g/mol. The van der Waals surface area contributed by atoms with Crippen molar-refractivity contribution >= 4 is 12.0 Å². The average molecular weight is 304 g/mol. The Labute approximate surface area is 131 Å². The van der Waals surface area contributed by atoms with Crippen molar-refractivity contribution in [3.63, 3.8) is 0 Å². The van der Waals surface area contributed by atoms with Crippen molar-refractivity contribution in [2.24, 2.45) is 0 Å². The SMILES string of the molecule is CC(C)(c1ccccc1)C1(NC(=O)NCCCC(=O)O)CC1. The van der Waals surface area contributed by atoms with Crippen molar-refractivity contribution in [2.45, 2.75) is 50.5 Å². The van der Waals surface area contributed by atoms with Crippen LogP contribution < -0.4 is 10.6 Å². The number of nitrogens with one attached hydrogen (secondary N) is 2. The van der Waals surface area contributed by atoms with E-state index in [0.717, 1.165) is 12.8 Å². The molecule has 1 aromatic rings. The molecule has 0 aliphatic heterocycles.